The number of nitrogens with two attached hydrogens (primary N) is 1. The van der Waals surface area contributed by atoms with Gasteiger partial charge in [-0.2, -0.15) is 0 Å². The zero-order valence-corrected chi connectivity index (χ0v) is 12.8. The standard InChI is InChI=1S/C13H14ClN3O3S/c1-2-20-12-5-3-9(7-11(12)14)17-21(18,19)10-4-6-13(15)16-8-10/h3-8,17H,2H2,1H3,(H2,15,16). The summed E-state index contributed by atoms with van der Waals surface area (Å²) in [7, 11) is -3.74. The monoisotopic (exact) mass is 327 g/mol. The largest absolute Gasteiger partial charge is 0.492 e. The molecule has 0 aliphatic rings. The second-order valence-electron chi connectivity index (χ2n) is 4.10. The van der Waals surface area contributed by atoms with Crippen LogP contribution < -0.4 is 15.2 Å². The first-order valence-corrected chi connectivity index (χ1v) is 7.95. The molecule has 1 heterocycles. The zero-order valence-electron chi connectivity index (χ0n) is 11.2. The molecule has 0 bridgehead atoms. The normalized spacial score (nSPS) is 11.1. The molecule has 21 heavy (non-hydrogen) atoms. The van der Waals surface area contributed by atoms with E-state index in [1.807, 2.05) is 6.92 Å². The van der Waals surface area contributed by atoms with Gasteiger partial charge in [0.1, 0.15) is 16.5 Å². The van der Waals surface area contributed by atoms with E-state index in [1.54, 1.807) is 12.1 Å². The number of pyridine rings is 1. The highest BCUT2D eigenvalue weighted by Crippen LogP contribution is 2.28. The molecule has 0 atom stereocenters. The Morgan fingerprint density at radius 2 is 2.10 bits per heavy atom. The third-order valence-corrected chi connectivity index (χ3v) is 4.22. The van der Waals surface area contributed by atoms with E-state index in [0.29, 0.717) is 23.1 Å². The van der Waals surface area contributed by atoms with Gasteiger partial charge in [0.25, 0.3) is 10.0 Å². The first-order chi connectivity index (χ1) is 9.92. The molecule has 1 aromatic heterocycles. The molecule has 0 unspecified atom stereocenters. The van der Waals surface area contributed by atoms with E-state index in [0.717, 1.165) is 0 Å². The summed E-state index contributed by atoms with van der Waals surface area (Å²) in [4.78, 5) is 3.77. The lowest BCUT2D eigenvalue weighted by atomic mass is 10.3. The third kappa shape index (κ3) is 3.77. The summed E-state index contributed by atoms with van der Waals surface area (Å²) < 4.78 is 32.0. The number of benzene rings is 1. The second kappa shape index (κ2) is 6.19. The molecule has 6 nitrogen and oxygen atoms in total. The molecule has 0 spiro atoms. The number of hydrogen-bond acceptors (Lipinski definition) is 5. The average molecular weight is 328 g/mol. The second-order valence-corrected chi connectivity index (χ2v) is 6.19. The summed E-state index contributed by atoms with van der Waals surface area (Å²) in [5.41, 5.74) is 5.76. The Morgan fingerprint density at radius 3 is 2.67 bits per heavy atom. The summed E-state index contributed by atoms with van der Waals surface area (Å²) in [5.74, 6) is 0.745. The number of nitrogens with one attached hydrogen (secondary N) is 1. The fraction of sp³-hybridized carbons (Fsp3) is 0.154. The molecule has 112 valence electrons. The molecular formula is C13H14ClN3O3S. The molecule has 0 saturated carbocycles. The van der Waals surface area contributed by atoms with Crippen LogP contribution in [0.4, 0.5) is 11.5 Å². The molecule has 3 N–H and O–H groups in total. The van der Waals surface area contributed by atoms with E-state index in [-0.39, 0.29) is 10.7 Å². The minimum absolute atomic E-state index is 0.0155. The average Bonchev–Trinajstić information content (AvgIpc) is 2.42. The summed E-state index contributed by atoms with van der Waals surface area (Å²) in [5, 5.41) is 0.326. The molecule has 8 heteroatoms. The number of sulfonamides is 1. The van der Waals surface area contributed by atoms with Crippen LogP contribution in [0.3, 0.4) is 0 Å². The number of ether oxygens (including phenoxy) is 1. The Balaban J connectivity index is 2.24. The van der Waals surface area contributed by atoms with Gasteiger partial charge in [-0.15, -0.1) is 0 Å². The predicted molar refractivity (Wildman–Crippen MR) is 82.1 cm³/mol. The molecule has 0 fully saturated rings. The van der Waals surface area contributed by atoms with E-state index >= 15 is 0 Å². The molecule has 2 rings (SSSR count). The van der Waals surface area contributed by atoms with Gasteiger partial charge in [-0.25, -0.2) is 13.4 Å². The predicted octanol–water partition coefficient (Wildman–Crippen LogP) is 2.52. The smallest absolute Gasteiger partial charge is 0.263 e. The SMILES string of the molecule is CCOc1ccc(NS(=O)(=O)c2ccc(N)nc2)cc1Cl. The van der Waals surface area contributed by atoms with Crippen molar-refractivity contribution in [2.45, 2.75) is 11.8 Å². The molecule has 0 saturated heterocycles. The molecular weight excluding hydrogens is 314 g/mol. The number of nitrogens with zero attached hydrogens (tertiary/aromatic N) is 1. The number of aromatic nitrogens is 1. The summed E-state index contributed by atoms with van der Waals surface area (Å²) in [6.45, 7) is 2.31. The first kappa shape index (κ1) is 15.4. The fourth-order valence-electron chi connectivity index (χ4n) is 1.60. The van der Waals surface area contributed by atoms with E-state index in [2.05, 4.69) is 9.71 Å². The summed E-state index contributed by atoms with van der Waals surface area (Å²) in [6, 6.07) is 7.44. The van der Waals surface area contributed by atoms with Crippen LogP contribution in [0.25, 0.3) is 0 Å². The molecule has 2 aromatic rings. The van der Waals surface area contributed by atoms with Crippen molar-refractivity contribution in [2.75, 3.05) is 17.1 Å². The molecule has 0 radical (unpaired) electrons. The van der Waals surface area contributed by atoms with Gasteiger partial charge in [-0.3, -0.25) is 4.72 Å². The lowest BCUT2D eigenvalue weighted by Crippen LogP contribution is -2.13. The van der Waals surface area contributed by atoms with Crippen molar-refractivity contribution < 1.29 is 13.2 Å². The quantitative estimate of drug-likeness (QED) is 0.880. The minimum Gasteiger partial charge on any atom is -0.492 e. The van der Waals surface area contributed by atoms with Crippen molar-refractivity contribution >= 4 is 33.1 Å². The van der Waals surface area contributed by atoms with Crippen molar-refractivity contribution in [1.82, 2.24) is 4.98 Å². The number of nitrogen functional groups attached to an aromatic ring is 1. The number of hydrogen-bond donors (Lipinski definition) is 2. The maximum atomic E-state index is 12.2. The Kier molecular flexibility index (Phi) is 4.54. The highest BCUT2D eigenvalue weighted by Gasteiger charge is 2.15. The summed E-state index contributed by atoms with van der Waals surface area (Å²) >= 11 is 6.02. The third-order valence-electron chi connectivity index (χ3n) is 2.55. The topological polar surface area (TPSA) is 94.3 Å². The molecule has 1 aromatic carbocycles. The van der Waals surface area contributed by atoms with Crippen LogP contribution in [0.2, 0.25) is 5.02 Å². The van der Waals surface area contributed by atoms with Crippen molar-refractivity contribution in [1.29, 1.82) is 0 Å². The van der Waals surface area contributed by atoms with Gasteiger partial charge in [0.2, 0.25) is 0 Å². The Bertz CT molecular complexity index is 733. The van der Waals surface area contributed by atoms with Gasteiger partial charge in [0.05, 0.1) is 17.3 Å². The maximum absolute atomic E-state index is 12.2. The summed E-state index contributed by atoms with van der Waals surface area (Å²) in [6.07, 6.45) is 1.19. The molecule has 0 amide bonds. The van der Waals surface area contributed by atoms with Crippen LogP contribution in [0.1, 0.15) is 6.92 Å². The van der Waals surface area contributed by atoms with Crippen molar-refractivity contribution in [2.24, 2.45) is 0 Å². The molecule has 0 aliphatic heterocycles. The Labute approximate surface area is 128 Å². The van der Waals surface area contributed by atoms with Crippen molar-refractivity contribution in [3.8, 4) is 5.75 Å². The van der Waals surface area contributed by atoms with Gasteiger partial charge in [0.15, 0.2) is 0 Å². The van der Waals surface area contributed by atoms with Crippen LogP contribution in [0.15, 0.2) is 41.4 Å². The maximum Gasteiger partial charge on any atom is 0.263 e. The minimum atomic E-state index is -3.74. The van der Waals surface area contributed by atoms with Crippen LogP contribution in [0, 0.1) is 0 Å². The van der Waals surface area contributed by atoms with Gasteiger partial charge in [-0.05, 0) is 37.3 Å². The Morgan fingerprint density at radius 1 is 1.33 bits per heavy atom. The zero-order chi connectivity index (χ0) is 15.5. The van der Waals surface area contributed by atoms with Gasteiger partial charge < -0.3 is 10.5 Å². The number of rotatable bonds is 5. The van der Waals surface area contributed by atoms with Gasteiger partial charge in [0, 0.05) is 6.20 Å². The highest BCUT2D eigenvalue weighted by atomic mass is 35.5. The van der Waals surface area contributed by atoms with E-state index in [1.165, 1.54) is 24.4 Å². The van der Waals surface area contributed by atoms with Crippen LogP contribution >= 0.6 is 11.6 Å². The Hall–Kier alpha value is -1.99. The molecule has 0 aliphatic carbocycles. The van der Waals surface area contributed by atoms with Crippen LogP contribution in [0.5, 0.6) is 5.75 Å². The van der Waals surface area contributed by atoms with Gasteiger partial charge >= 0.3 is 0 Å². The van der Waals surface area contributed by atoms with E-state index in [4.69, 9.17) is 22.1 Å². The van der Waals surface area contributed by atoms with E-state index < -0.39 is 10.0 Å². The highest BCUT2D eigenvalue weighted by molar-refractivity contribution is 7.92. The lowest BCUT2D eigenvalue weighted by molar-refractivity contribution is 0.340. The van der Waals surface area contributed by atoms with Crippen LogP contribution in [-0.2, 0) is 10.0 Å². The first-order valence-electron chi connectivity index (χ1n) is 6.09. The van der Waals surface area contributed by atoms with Crippen LogP contribution in [-0.4, -0.2) is 20.0 Å². The van der Waals surface area contributed by atoms with E-state index in [9.17, 15) is 8.42 Å². The lowest BCUT2D eigenvalue weighted by Gasteiger charge is -2.10. The fourth-order valence-corrected chi connectivity index (χ4v) is 2.83. The number of anilines is 2. The van der Waals surface area contributed by atoms with Crippen molar-refractivity contribution in [3.05, 3.63) is 41.6 Å². The number of halogens is 1. The van der Waals surface area contributed by atoms with Crippen molar-refractivity contribution in [3.63, 3.8) is 0 Å². The van der Waals surface area contributed by atoms with Gasteiger partial charge in [-0.1, -0.05) is 11.6 Å².